The molecule has 1 aliphatic rings. The third-order valence-electron chi connectivity index (χ3n) is 2.03. The summed E-state index contributed by atoms with van der Waals surface area (Å²) in [7, 11) is 0. The molecule has 0 saturated heterocycles. The minimum Gasteiger partial charge on any atom is -0.290 e. The zero-order valence-electron chi connectivity index (χ0n) is 8.87. The minimum atomic E-state index is -0.379. The van der Waals surface area contributed by atoms with Crippen LogP contribution in [0.15, 0.2) is 28.5 Å². The molecule has 0 saturated carbocycles. The number of carbonyl (C=O) groups excluding carboxylic acids is 2. The highest BCUT2D eigenvalue weighted by molar-refractivity contribution is 6.20. The van der Waals surface area contributed by atoms with E-state index in [1.54, 1.807) is 0 Å². The summed E-state index contributed by atoms with van der Waals surface area (Å²) in [5.74, 6) is -0.625. The van der Waals surface area contributed by atoms with Crippen molar-refractivity contribution in [3.63, 3.8) is 0 Å². The summed E-state index contributed by atoms with van der Waals surface area (Å²) in [6, 6.07) is 0. The molecule has 0 aromatic rings. The number of ketones is 2. The van der Waals surface area contributed by atoms with Gasteiger partial charge in [-0.05, 0) is 11.5 Å². The van der Waals surface area contributed by atoms with Crippen LogP contribution in [0.4, 0.5) is 0 Å². The highest BCUT2D eigenvalue weighted by Gasteiger charge is 2.29. The zero-order chi connectivity index (χ0) is 11.6. The maximum Gasteiger partial charge on any atom is 0.220 e. The van der Waals surface area contributed by atoms with Crippen LogP contribution in [0.25, 0.3) is 0 Å². The number of nitrogens with one attached hydrogen (secondary N) is 1. The second-order valence-electron chi connectivity index (χ2n) is 4.27. The fourth-order valence-electron chi connectivity index (χ4n) is 1.27. The maximum atomic E-state index is 11.6. The molecule has 78 valence electrons. The van der Waals surface area contributed by atoms with Crippen molar-refractivity contribution in [1.29, 1.82) is 5.53 Å². The van der Waals surface area contributed by atoms with Gasteiger partial charge in [-0.1, -0.05) is 20.8 Å². The van der Waals surface area contributed by atoms with Crippen molar-refractivity contribution in [2.75, 3.05) is 0 Å². The Morgan fingerprint density at radius 3 is 2.27 bits per heavy atom. The Morgan fingerprint density at radius 2 is 1.80 bits per heavy atom. The fourth-order valence-corrected chi connectivity index (χ4v) is 1.27. The molecule has 0 fully saturated rings. The summed E-state index contributed by atoms with van der Waals surface area (Å²) in [4.78, 5) is 25.8. The lowest BCUT2D eigenvalue weighted by molar-refractivity contribution is -0.115. The molecule has 1 N–H and O–H groups in total. The van der Waals surface area contributed by atoms with Crippen molar-refractivity contribution in [3.05, 3.63) is 23.4 Å². The molecule has 15 heavy (non-hydrogen) atoms. The van der Waals surface area contributed by atoms with Gasteiger partial charge in [0, 0.05) is 11.6 Å². The highest BCUT2D eigenvalue weighted by atomic mass is 16.1. The Bertz CT molecular complexity index is 432. The van der Waals surface area contributed by atoms with Crippen LogP contribution < -0.4 is 4.91 Å². The van der Waals surface area contributed by atoms with Crippen molar-refractivity contribution >= 4 is 11.6 Å². The van der Waals surface area contributed by atoms with E-state index < -0.39 is 0 Å². The Kier molecular flexibility index (Phi) is 2.77. The Balaban J connectivity index is 3.15. The van der Waals surface area contributed by atoms with E-state index >= 15 is 0 Å². The SMILES string of the molecule is CC(C)(C)C1=CC(=O)C(N=[N+]=N)=CC1=O. The largest absolute Gasteiger partial charge is 0.290 e. The van der Waals surface area contributed by atoms with Crippen LogP contribution in [0.1, 0.15) is 20.8 Å². The first-order chi connectivity index (χ1) is 6.86. The van der Waals surface area contributed by atoms with E-state index in [0.29, 0.717) is 5.57 Å². The summed E-state index contributed by atoms with van der Waals surface area (Å²) in [6.45, 7) is 5.57. The smallest absolute Gasteiger partial charge is 0.220 e. The van der Waals surface area contributed by atoms with Gasteiger partial charge < -0.3 is 0 Å². The molecule has 5 nitrogen and oxygen atoms in total. The van der Waals surface area contributed by atoms with Gasteiger partial charge in [-0.15, -0.1) is 0 Å². The van der Waals surface area contributed by atoms with Gasteiger partial charge in [-0.25, -0.2) is 0 Å². The zero-order valence-corrected chi connectivity index (χ0v) is 8.87. The first-order valence-corrected chi connectivity index (χ1v) is 4.46. The van der Waals surface area contributed by atoms with E-state index in [1.165, 1.54) is 6.08 Å². The molecule has 0 spiro atoms. The molecule has 0 aromatic heterocycles. The van der Waals surface area contributed by atoms with Crippen LogP contribution in [0.3, 0.4) is 0 Å². The normalized spacial score (nSPS) is 16.7. The lowest BCUT2D eigenvalue weighted by Gasteiger charge is -2.21. The number of carbonyl (C=O) groups is 2. The van der Waals surface area contributed by atoms with Crippen molar-refractivity contribution in [1.82, 2.24) is 4.91 Å². The van der Waals surface area contributed by atoms with Crippen LogP contribution in [-0.2, 0) is 9.59 Å². The number of allylic oxidation sites excluding steroid dienone is 3. The molecule has 0 atom stereocenters. The first kappa shape index (κ1) is 11.2. The fraction of sp³-hybridized carbons (Fsp3) is 0.400. The molecule has 0 amide bonds. The van der Waals surface area contributed by atoms with Crippen LogP contribution in [-0.4, -0.2) is 11.6 Å². The highest BCUT2D eigenvalue weighted by Crippen LogP contribution is 2.29. The molecule has 0 unspecified atom stereocenters. The van der Waals surface area contributed by atoms with Gasteiger partial charge in [0.1, 0.15) is 5.53 Å². The quantitative estimate of drug-likeness (QED) is 0.401. The van der Waals surface area contributed by atoms with Gasteiger partial charge in [0.05, 0.1) is 0 Å². The number of nitrogens with zero attached hydrogens (tertiary/aromatic N) is 2. The monoisotopic (exact) mass is 206 g/mol. The lowest BCUT2D eigenvalue weighted by Crippen LogP contribution is -2.22. The van der Waals surface area contributed by atoms with Crippen LogP contribution in [0, 0.1) is 10.9 Å². The molecular formula is C10H12N3O2+. The summed E-state index contributed by atoms with van der Waals surface area (Å²) in [5.41, 5.74) is 6.51. The average Bonchev–Trinajstić information content (AvgIpc) is 2.09. The number of rotatable bonds is 1. The molecule has 0 aliphatic heterocycles. The molecule has 5 heteroatoms. The first-order valence-electron chi connectivity index (χ1n) is 4.46. The predicted molar refractivity (Wildman–Crippen MR) is 52.9 cm³/mol. The number of hydrogen-bond acceptors (Lipinski definition) is 4. The van der Waals surface area contributed by atoms with Crippen molar-refractivity contribution in [3.8, 4) is 0 Å². The molecule has 1 aliphatic carbocycles. The standard InChI is InChI=1S/C10H12N3O2/c1-10(2,3)6-4-9(15)7(12-13-11)5-8(6)14/h4-5,11H,1-3H3/q+1. The topological polar surface area (TPSA) is 84.4 Å². The molecule has 1 rings (SSSR count). The van der Waals surface area contributed by atoms with Gasteiger partial charge in [0.15, 0.2) is 10.9 Å². The summed E-state index contributed by atoms with van der Waals surface area (Å²) in [6.07, 6.45) is 2.40. The minimum absolute atomic E-state index is 0.0806. The Hall–Kier alpha value is -1.87. The Morgan fingerprint density at radius 1 is 1.20 bits per heavy atom. The van der Waals surface area contributed by atoms with Crippen LogP contribution in [0.2, 0.25) is 0 Å². The predicted octanol–water partition coefficient (Wildman–Crippen LogP) is 1.54. The summed E-state index contributed by atoms with van der Waals surface area (Å²) >= 11 is 0. The van der Waals surface area contributed by atoms with Gasteiger partial charge in [0.25, 0.3) is 0 Å². The molecule has 0 aromatic carbocycles. The van der Waals surface area contributed by atoms with E-state index in [1.807, 2.05) is 20.8 Å². The molecular weight excluding hydrogens is 194 g/mol. The Labute approximate surface area is 87.1 Å². The number of hydrogen-bond donors (Lipinski definition) is 1. The van der Waals surface area contributed by atoms with Crippen molar-refractivity contribution in [2.45, 2.75) is 20.8 Å². The van der Waals surface area contributed by atoms with E-state index in [0.717, 1.165) is 6.08 Å². The lowest BCUT2D eigenvalue weighted by atomic mass is 9.81. The molecule has 0 heterocycles. The van der Waals surface area contributed by atoms with Gasteiger partial charge >= 0.3 is 0 Å². The third kappa shape index (κ3) is 2.33. The van der Waals surface area contributed by atoms with Gasteiger partial charge in [-0.3, -0.25) is 9.59 Å². The molecule has 0 bridgehead atoms. The van der Waals surface area contributed by atoms with Crippen LogP contribution >= 0.6 is 0 Å². The summed E-state index contributed by atoms with van der Waals surface area (Å²) in [5, 5.41) is 3.27. The molecule has 0 radical (unpaired) electrons. The van der Waals surface area contributed by atoms with E-state index in [2.05, 4.69) is 10.0 Å². The van der Waals surface area contributed by atoms with Crippen LogP contribution in [0.5, 0.6) is 0 Å². The van der Waals surface area contributed by atoms with E-state index in [9.17, 15) is 9.59 Å². The summed E-state index contributed by atoms with van der Waals surface area (Å²) < 4.78 is 0. The van der Waals surface area contributed by atoms with E-state index in [4.69, 9.17) is 5.53 Å². The third-order valence-corrected chi connectivity index (χ3v) is 2.03. The second-order valence-corrected chi connectivity index (χ2v) is 4.27. The van der Waals surface area contributed by atoms with E-state index in [-0.39, 0.29) is 22.7 Å². The van der Waals surface area contributed by atoms with Gasteiger partial charge in [0.2, 0.25) is 16.4 Å². The second kappa shape index (κ2) is 3.71. The van der Waals surface area contributed by atoms with Crippen molar-refractivity contribution < 1.29 is 9.59 Å². The van der Waals surface area contributed by atoms with Crippen molar-refractivity contribution in [2.24, 2.45) is 10.5 Å². The average molecular weight is 206 g/mol. The van der Waals surface area contributed by atoms with Gasteiger partial charge in [-0.2, -0.15) is 0 Å². The maximum absolute atomic E-state index is 11.6.